The van der Waals surface area contributed by atoms with Gasteiger partial charge in [-0.15, -0.1) is 0 Å². The van der Waals surface area contributed by atoms with E-state index in [0.29, 0.717) is 17.2 Å². The zero-order valence-corrected chi connectivity index (χ0v) is 36.9. The Kier molecular flexibility index (Phi) is 19.9. The van der Waals surface area contributed by atoms with Gasteiger partial charge in [0.2, 0.25) is 10.0 Å². The minimum atomic E-state index is -4.02. The Morgan fingerprint density at radius 2 is 0.983 bits per heavy atom. The van der Waals surface area contributed by atoms with E-state index < -0.39 is 37.4 Å². The molecule has 0 aliphatic rings. The van der Waals surface area contributed by atoms with Crippen LogP contribution in [0, 0.1) is 0 Å². The molecule has 0 fully saturated rings. The Bertz CT molecular complexity index is 2300. The van der Waals surface area contributed by atoms with E-state index in [-0.39, 0.29) is 63.5 Å². The standard InChI is InChI=1S/C18H21NO6S.C11H13ClO6S.C11H14O4/c1-19(12-13-7-5-4-6-8-13)26(22,23)17-11-16(25-3)15(24-2)9-14(17)10-18(20)21;1-16-8-4-7(5-11(13)18-3)10(19(12,14)15)6-9(8)17-2;1-13-9-5-4-8(6-10(9)14-2)7-11(12)15-3/h4-9,11H,10,12H2,1-3H3,(H,20,21);4,6H,5H2,1-3H3;4-6H,7H2,1-3H3. The third-order valence-corrected chi connectivity index (χ3v) is 11.6. The molecule has 17 nitrogen and oxygen atoms in total. The average Bonchev–Trinajstić information content (AvgIpc) is 3.23. The smallest absolute Gasteiger partial charge is 0.310 e. The largest absolute Gasteiger partial charge is 0.493 e. The van der Waals surface area contributed by atoms with E-state index in [4.69, 9.17) is 44.2 Å². The lowest BCUT2D eigenvalue weighted by Gasteiger charge is -2.20. The van der Waals surface area contributed by atoms with Gasteiger partial charge in [-0.1, -0.05) is 36.4 Å². The first-order valence-corrected chi connectivity index (χ1v) is 21.1. The number of carboxylic acids is 1. The van der Waals surface area contributed by atoms with Crippen LogP contribution in [0.3, 0.4) is 0 Å². The summed E-state index contributed by atoms with van der Waals surface area (Å²) in [6.45, 7) is 0.157. The van der Waals surface area contributed by atoms with Crippen LogP contribution >= 0.6 is 10.7 Å². The lowest BCUT2D eigenvalue weighted by atomic mass is 10.1. The Hall–Kier alpha value is -5.76. The van der Waals surface area contributed by atoms with Crippen molar-refractivity contribution in [2.45, 2.75) is 35.6 Å². The van der Waals surface area contributed by atoms with E-state index >= 15 is 0 Å². The van der Waals surface area contributed by atoms with Crippen LogP contribution in [0.15, 0.2) is 82.6 Å². The first kappa shape index (κ1) is 50.4. The first-order valence-electron chi connectivity index (χ1n) is 17.3. The van der Waals surface area contributed by atoms with E-state index in [2.05, 4.69) is 9.47 Å². The highest BCUT2D eigenvalue weighted by Gasteiger charge is 2.28. The molecule has 0 radical (unpaired) electrons. The molecule has 0 spiro atoms. The molecule has 0 amide bonds. The van der Waals surface area contributed by atoms with Gasteiger partial charge in [0.15, 0.2) is 34.5 Å². The van der Waals surface area contributed by atoms with Crippen molar-refractivity contribution >= 4 is 47.7 Å². The number of hydrogen-bond donors (Lipinski definition) is 1. The third kappa shape index (κ3) is 14.5. The highest BCUT2D eigenvalue weighted by atomic mass is 35.7. The summed E-state index contributed by atoms with van der Waals surface area (Å²) in [5.74, 6) is 0.239. The van der Waals surface area contributed by atoms with Crippen molar-refractivity contribution in [2.24, 2.45) is 0 Å². The molecule has 0 aliphatic heterocycles. The maximum absolute atomic E-state index is 13.0. The van der Waals surface area contributed by atoms with Crippen molar-refractivity contribution in [2.75, 3.05) is 63.9 Å². The van der Waals surface area contributed by atoms with Crippen molar-refractivity contribution in [3.8, 4) is 34.5 Å². The average molecular weight is 898 g/mol. The van der Waals surface area contributed by atoms with Gasteiger partial charge in [-0.05, 0) is 46.5 Å². The van der Waals surface area contributed by atoms with Crippen LogP contribution in [-0.2, 0) is 68.7 Å². The molecule has 60 heavy (non-hydrogen) atoms. The fourth-order valence-corrected chi connectivity index (χ4v) is 7.76. The summed E-state index contributed by atoms with van der Waals surface area (Å²) >= 11 is 0. The van der Waals surface area contributed by atoms with Crippen LogP contribution < -0.4 is 28.4 Å². The molecule has 0 saturated heterocycles. The van der Waals surface area contributed by atoms with E-state index in [0.717, 1.165) is 11.1 Å². The second kappa shape index (κ2) is 23.7. The molecule has 0 aliphatic carbocycles. The maximum atomic E-state index is 13.0. The summed E-state index contributed by atoms with van der Waals surface area (Å²) in [6, 6.07) is 19.7. The number of nitrogens with zero attached hydrogens (tertiary/aromatic N) is 1. The summed E-state index contributed by atoms with van der Waals surface area (Å²) in [5.41, 5.74) is 1.97. The van der Waals surface area contributed by atoms with Crippen LogP contribution in [0.1, 0.15) is 22.3 Å². The second-order valence-electron chi connectivity index (χ2n) is 12.1. The van der Waals surface area contributed by atoms with Gasteiger partial charge in [-0.3, -0.25) is 14.4 Å². The normalized spacial score (nSPS) is 10.8. The summed E-state index contributed by atoms with van der Waals surface area (Å²) in [7, 11) is 10.1. The molecule has 0 atom stereocenters. The molecule has 0 heterocycles. The third-order valence-electron chi connectivity index (χ3n) is 8.26. The number of carbonyl (C=O) groups is 3. The summed E-state index contributed by atoms with van der Waals surface area (Å²) in [4.78, 5) is 33.2. The van der Waals surface area contributed by atoms with Crippen LogP contribution in [0.25, 0.3) is 0 Å². The lowest BCUT2D eigenvalue weighted by molar-refractivity contribution is -0.140. The van der Waals surface area contributed by atoms with Crippen molar-refractivity contribution in [1.29, 1.82) is 0 Å². The van der Waals surface area contributed by atoms with Gasteiger partial charge in [0.1, 0.15) is 0 Å². The van der Waals surface area contributed by atoms with Gasteiger partial charge in [0, 0.05) is 36.4 Å². The van der Waals surface area contributed by atoms with Crippen LogP contribution in [0.4, 0.5) is 0 Å². The van der Waals surface area contributed by atoms with E-state index in [9.17, 15) is 31.2 Å². The number of sulfonamides is 1. The van der Waals surface area contributed by atoms with Crippen molar-refractivity contribution < 1.29 is 74.2 Å². The summed E-state index contributed by atoms with van der Waals surface area (Å²) < 4.78 is 89.9. The zero-order valence-electron chi connectivity index (χ0n) is 34.5. The molecular formula is C40H48ClNO16S2. The molecule has 0 unspecified atom stereocenters. The fraction of sp³-hybridized carbons (Fsp3) is 0.325. The number of aliphatic carboxylic acids is 1. The van der Waals surface area contributed by atoms with Gasteiger partial charge in [0.05, 0.1) is 85.9 Å². The fourth-order valence-electron chi connectivity index (χ4n) is 5.26. The molecule has 4 aromatic rings. The molecule has 0 saturated carbocycles. The van der Waals surface area contributed by atoms with E-state index in [1.165, 1.54) is 78.3 Å². The highest BCUT2D eigenvalue weighted by molar-refractivity contribution is 8.13. The molecule has 20 heteroatoms. The maximum Gasteiger partial charge on any atom is 0.310 e. The predicted octanol–water partition coefficient (Wildman–Crippen LogP) is 4.92. The lowest BCUT2D eigenvalue weighted by Crippen LogP contribution is -2.27. The van der Waals surface area contributed by atoms with Crippen LogP contribution in [0.2, 0.25) is 0 Å². The Morgan fingerprint density at radius 1 is 0.550 bits per heavy atom. The molecule has 0 bridgehead atoms. The molecule has 4 rings (SSSR count). The van der Waals surface area contributed by atoms with Crippen LogP contribution in [0.5, 0.6) is 34.5 Å². The monoisotopic (exact) mass is 897 g/mol. The van der Waals surface area contributed by atoms with Crippen LogP contribution in [-0.4, -0.2) is 108 Å². The second-order valence-corrected chi connectivity index (χ2v) is 16.6. The molecule has 1 N–H and O–H groups in total. The van der Waals surface area contributed by atoms with Gasteiger partial charge >= 0.3 is 17.9 Å². The zero-order chi connectivity index (χ0) is 45.2. The number of esters is 2. The quantitative estimate of drug-likeness (QED) is 0.110. The highest BCUT2D eigenvalue weighted by Crippen LogP contribution is 2.36. The minimum absolute atomic E-state index is 0.115. The molecule has 4 aromatic carbocycles. The number of methoxy groups -OCH3 is 8. The first-order chi connectivity index (χ1) is 28.3. The van der Waals surface area contributed by atoms with Gasteiger partial charge in [-0.2, -0.15) is 4.31 Å². The van der Waals surface area contributed by atoms with Gasteiger partial charge < -0.3 is 43.0 Å². The van der Waals surface area contributed by atoms with Gasteiger partial charge in [-0.25, -0.2) is 16.8 Å². The van der Waals surface area contributed by atoms with Crippen molar-refractivity contribution in [1.82, 2.24) is 4.31 Å². The molecule has 328 valence electrons. The van der Waals surface area contributed by atoms with Gasteiger partial charge in [0.25, 0.3) is 9.05 Å². The number of carboxylic acid groups (broad SMARTS) is 1. The minimum Gasteiger partial charge on any atom is -0.493 e. The molecular weight excluding hydrogens is 850 g/mol. The number of carbonyl (C=O) groups excluding carboxylic acids is 2. The topological polar surface area (TPSA) is 217 Å². The summed E-state index contributed by atoms with van der Waals surface area (Å²) in [6.07, 6.45) is -0.455. The predicted molar refractivity (Wildman–Crippen MR) is 220 cm³/mol. The SMILES string of the molecule is COC(=O)Cc1cc(OC)c(OC)cc1S(=O)(=O)Cl.COC(=O)Cc1ccc(OC)c(OC)c1.COc1cc(CC(=O)O)c(S(=O)(=O)N(C)Cc2ccccc2)cc1OC. The number of halogens is 1. The number of hydrogen-bond acceptors (Lipinski definition) is 15. The number of ether oxygens (including phenoxy) is 8. The van der Waals surface area contributed by atoms with Crippen molar-refractivity contribution in [3.05, 3.63) is 95.1 Å². The molecule has 0 aromatic heterocycles. The van der Waals surface area contributed by atoms with Crippen molar-refractivity contribution in [3.63, 3.8) is 0 Å². The Balaban J connectivity index is 0.000000323. The number of rotatable bonds is 17. The Labute approximate surface area is 354 Å². The van der Waals surface area contributed by atoms with E-state index in [1.54, 1.807) is 32.4 Å². The number of benzene rings is 4. The van der Waals surface area contributed by atoms with E-state index in [1.807, 2.05) is 30.3 Å². The Morgan fingerprint density at radius 3 is 1.43 bits per heavy atom. The summed E-state index contributed by atoms with van der Waals surface area (Å²) in [5, 5.41) is 9.14.